The number of allylic oxidation sites excluding steroid dienone is 1. The molecule has 3 aromatic rings. The zero-order chi connectivity index (χ0) is 24.2. The van der Waals surface area contributed by atoms with Crippen LogP contribution in [0.4, 0.5) is 4.39 Å². The maximum Gasteiger partial charge on any atom is 0.261 e. The van der Waals surface area contributed by atoms with Crippen LogP contribution in [0.15, 0.2) is 98.1 Å². The van der Waals surface area contributed by atoms with Crippen molar-refractivity contribution in [2.75, 3.05) is 13.2 Å². The maximum atomic E-state index is 13.8. The van der Waals surface area contributed by atoms with Crippen molar-refractivity contribution in [2.24, 2.45) is 0 Å². The van der Waals surface area contributed by atoms with Crippen molar-refractivity contribution in [3.05, 3.63) is 109 Å². The van der Waals surface area contributed by atoms with E-state index in [1.165, 1.54) is 11.1 Å². The van der Waals surface area contributed by atoms with Crippen LogP contribution in [0.1, 0.15) is 18.1 Å². The van der Waals surface area contributed by atoms with Gasteiger partial charge in [-0.25, -0.2) is 4.39 Å². The number of halogens is 1. The molecule has 0 aliphatic heterocycles. The van der Waals surface area contributed by atoms with E-state index in [9.17, 15) is 9.18 Å². The van der Waals surface area contributed by atoms with Gasteiger partial charge in [-0.3, -0.25) is 9.78 Å². The summed E-state index contributed by atoms with van der Waals surface area (Å²) in [6.07, 6.45) is 6.22. The highest BCUT2D eigenvalue weighted by molar-refractivity contribution is 6.01. The Bertz CT molecular complexity index is 1140. The molecule has 2 aromatic carbocycles. The summed E-state index contributed by atoms with van der Waals surface area (Å²) >= 11 is 0. The number of hydrogen-bond acceptors (Lipinski definition) is 4. The summed E-state index contributed by atoms with van der Waals surface area (Å²) in [4.78, 5) is 18.6. The lowest BCUT2D eigenvalue weighted by Crippen LogP contribution is -2.36. The third-order valence-electron chi connectivity index (χ3n) is 4.93. The lowest BCUT2D eigenvalue weighted by molar-refractivity contribution is -0.133. The lowest BCUT2D eigenvalue weighted by Gasteiger charge is -2.24. The number of fused-ring (bicyclic) bond motifs is 1. The predicted molar refractivity (Wildman–Crippen MR) is 132 cm³/mol. The van der Waals surface area contributed by atoms with E-state index in [1.54, 1.807) is 43.6 Å². The number of amides is 1. The van der Waals surface area contributed by atoms with E-state index in [-0.39, 0.29) is 25.6 Å². The van der Waals surface area contributed by atoms with Crippen molar-refractivity contribution in [2.45, 2.75) is 13.5 Å². The molecule has 1 N–H and O–H groups in total. The van der Waals surface area contributed by atoms with Crippen LogP contribution >= 0.6 is 0 Å². The molecule has 1 amide bonds. The first kappa shape index (κ1) is 25.2. The summed E-state index contributed by atoms with van der Waals surface area (Å²) in [7, 11) is 0. The molecule has 0 radical (unpaired) electrons. The fourth-order valence-corrected chi connectivity index (χ4v) is 3.26. The number of carbonyl (C=O) groups excluding carboxylic acids is 1. The second kappa shape index (κ2) is 12.7. The Balaban J connectivity index is 0.00000187. The predicted octanol–water partition coefficient (Wildman–Crippen LogP) is 5.87. The van der Waals surface area contributed by atoms with Gasteiger partial charge in [0.25, 0.3) is 5.91 Å². The van der Waals surface area contributed by atoms with Gasteiger partial charge in [0, 0.05) is 48.2 Å². The van der Waals surface area contributed by atoms with Crippen LogP contribution in [0.5, 0.6) is 5.75 Å². The van der Waals surface area contributed by atoms with Crippen LogP contribution in [0.3, 0.4) is 0 Å². The minimum atomic E-state index is -0.569. The first-order chi connectivity index (χ1) is 16.0. The Morgan fingerprint density at radius 3 is 2.48 bits per heavy atom. The molecule has 1 heterocycles. The van der Waals surface area contributed by atoms with E-state index in [4.69, 9.17) is 10.1 Å². The largest absolute Gasteiger partial charge is 0.483 e. The highest BCUT2D eigenvalue weighted by Crippen LogP contribution is 2.28. The molecule has 0 fully saturated rings. The summed E-state index contributed by atoms with van der Waals surface area (Å²) in [6, 6.07) is 14.8. The highest BCUT2D eigenvalue weighted by atomic mass is 19.1. The number of benzene rings is 2. The van der Waals surface area contributed by atoms with Crippen LogP contribution in [0, 0.1) is 5.41 Å². The van der Waals surface area contributed by atoms with Gasteiger partial charge < -0.3 is 15.0 Å². The van der Waals surface area contributed by atoms with E-state index in [1.807, 2.05) is 30.3 Å². The van der Waals surface area contributed by atoms with Crippen molar-refractivity contribution < 1.29 is 13.9 Å². The van der Waals surface area contributed by atoms with E-state index < -0.39 is 5.83 Å². The molecule has 6 heteroatoms. The fourth-order valence-electron chi connectivity index (χ4n) is 3.26. The molecule has 0 saturated carbocycles. The number of carbonyl (C=O) groups is 1. The summed E-state index contributed by atoms with van der Waals surface area (Å²) in [5.41, 5.74) is 1.95. The van der Waals surface area contributed by atoms with Crippen molar-refractivity contribution in [3.63, 3.8) is 0 Å². The first-order valence-corrected chi connectivity index (χ1v) is 10.3. The van der Waals surface area contributed by atoms with E-state index in [0.717, 1.165) is 21.9 Å². The third kappa shape index (κ3) is 6.71. The van der Waals surface area contributed by atoms with Gasteiger partial charge in [0.2, 0.25) is 0 Å². The van der Waals surface area contributed by atoms with E-state index >= 15 is 0 Å². The minimum absolute atomic E-state index is 0.0798. The summed E-state index contributed by atoms with van der Waals surface area (Å²) in [6.45, 7) is 11.2. The molecule has 0 aliphatic carbocycles. The second-order valence-corrected chi connectivity index (χ2v) is 6.96. The molecular formula is C27H28FN3O2. The highest BCUT2D eigenvalue weighted by Gasteiger charge is 2.18. The minimum Gasteiger partial charge on any atom is -0.483 e. The van der Waals surface area contributed by atoms with Crippen LogP contribution < -0.4 is 4.74 Å². The second-order valence-electron chi connectivity index (χ2n) is 6.96. The van der Waals surface area contributed by atoms with Gasteiger partial charge in [0.15, 0.2) is 6.61 Å². The van der Waals surface area contributed by atoms with Crippen molar-refractivity contribution in [1.29, 1.82) is 5.41 Å². The molecule has 1 aromatic heterocycles. The molecule has 3 rings (SSSR count). The average Bonchev–Trinajstić information content (AvgIpc) is 2.86. The molecule has 5 nitrogen and oxygen atoms in total. The van der Waals surface area contributed by atoms with Gasteiger partial charge in [-0.15, -0.1) is 13.2 Å². The molecule has 0 atom stereocenters. The monoisotopic (exact) mass is 445 g/mol. The Hall–Kier alpha value is -4.06. The van der Waals surface area contributed by atoms with Crippen molar-refractivity contribution >= 4 is 22.9 Å². The zero-order valence-electron chi connectivity index (χ0n) is 18.8. The molecule has 0 aliphatic rings. The summed E-state index contributed by atoms with van der Waals surface area (Å²) in [5, 5.41) is 9.27. The van der Waals surface area contributed by atoms with Crippen molar-refractivity contribution in [3.8, 4) is 5.75 Å². The number of nitrogens with zero attached hydrogens (tertiary/aromatic N) is 2. The molecule has 170 valence electrons. The third-order valence-corrected chi connectivity index (χ3v) is 4.93. The fraction of sp³-hybridized carbons (Fsp3) is 0.148. The molecule has 0 unspecified atom stereocenters. The van der Waals surface area contributed by atoms with Crippen LogP contribution in [-0.2, 0) is 11.3 Å². The number of aromatic nitrogens is 1. The van der Waals surface area contributed by atoms with Crippen LogP contribution in [0.25, 0.3) is 10.8 Å². The number of rotatable bonds is 9. The topological polar surface area (TPSA) is 66.3 Å². The van der Waals surface area contributed by atoms with E-state index in [2.05, 4.69) is 24.7 Å². The van der Waals surface area contributed by atoms with Crippen LogP contribution in [-0.4, -0.2) is 35.2 Å². The standard InChI is InChI=1S/C25H24FN3O2.C2H4/c1-3-20(18(2)26)16-29(15-19-7-6-12-28-14-19)25(30)17-31-24-11-10-21(13-27)22-8-4-5-9-23(22)24;1-2/h3-14,27H,2,15-17H2,1H3;1-2H2/b20-3-,27-13?;. The number of ether oxygens (including phenoxy) is 1. The first-order valence-electron chi connectivity index (χ1n) is 10.3. The van der Waals surface area contributed by atoms with Gasteiger partial charge in [0.05, 0.1) is 0 Å². The molecule has 0 spiro atoms. The van der Waals surface area contributed by atoms with E-state index in [0.29, 0.717) is 11.3 Å². The molecule has 0 bridgehead atoms. The Morgan fingerprint density at radius 2 is 1.88 bits per heavy atom. The Morgan fingerprint density at radius 1 is 1.15 bits per heavy atom. The maximum absolute atomic E-state index is 13.8. The average molecular weight is 446 g/mol. The Kier molecular flexibility index (Phi) is 9.71. The van der Waals surface area contributed by atoms with Gasteiger partial charge in [0.1, 0.15) is 11.6 Å². The van der Waals surface area contributed by atoms with Crippen LogP contribution in [0.2, 0.25) is 0 Å². The normalized spacial score (nSPS) is 10.7. The number of nitrogens with one attached hydrogen (secondary N) is 1. The zero-order valence-corrected chi connectivity index (χ0v) is 18.8. The smallest absolute Gasteiger partial charge is 0.261 e. The SMILES string of the molecule is C=C.C=C(F)/C(=C\C)CN(Cc1cccnc1)C(=O)COc1ccc(C=N)c2ccccc12. The quantitative estimate of drug-likeness (QED) is 0.254. The number of hydrogen-bond donors (Lipinski definition) is 1. The van der Waals surface area contributed by atoms with Gasteiger partial charge in [-0.1, -0.05) is 43.0 Å². The number of pyridine rings is 1. The summed E-state index contributed by atoms with van der Waals surface area (Å²) in [5.74, 6) is -0.303. The van der Waals surface area contributed by atoms with Gasteiger partial charge >= 0.3 is 0 Å². The Labute approximate surface area is 194 Å². The lowest BCUT2D eigenvalue weighted by atomic mass is 10.0. The van der Waals surface area contributed by atoms with Gasteiger partial charge in [-0.05, 0) is 36.1 Å². The molecule has 33 heavy (non-hydrogen) atoms. The molecule has 0 saturated heterocycles. The van der Waals surface area contributed by atoms with Gasteiger partial charge in [-0.2, -0.15) is 0 Å². The van der Waals surface area contributed by atoms with Crippen molar-refractivity contribution in [1.82, 2.24) is 9.88 Å². The summed E-state index contributed by atoms with van der Waals surface area (Å²) < 4.78 is 19.6. The molecular weight excluding hydrogens is 417 g/mol.